The van der Waals surface area contributed by atoms with Crippen LogP contribution in [0, 0.1) is 53.7 Å². The molecule has 8 fully saturated rings. The van der Waals surface area contributed by atoms with Gasteiger partial charge in [0.05, 0.1) is 15.3 Å². The fourth-order valence-electron chi connectivity index (χ4n) is 17.3. The number of nitrogens with zero attached hydrogens (tertiary/aromatic N) is 2. The lowest BCUT2D eigenvalue weighted by Crippen LogP contribution is -2.57. The minimum Gasteiger partial charge on any atom is -0.502 e. The molecular formula is C49H52N2O6. The van der Waals surface area contributed by atoms with Crippen molar-refractivity contribution in [2.45, 2.75) is 121 Å². The Balaban J connectivity index is 1.24. The van der Waals surface area contributed by atoms with Crippen LogP contribution >= 0.6 is 0 Å². The largest absolute Gasteiger partial charge is 0.502 e. The molecule has 0 aliphatic heterocycles. The lowest BCUT2D eigenvalue weighted by atomic mass is 9.39. The number of aromatic hydroxyl groups is 2. The normalized spacial score (nSPS) is 37.3. The number of benzene rings is 4. The fourth-order valence-corrected chi connectivity index (χ4v) is 17.3. The molecule has 8 saturated carbocycles. The molecule has 0 aromatic heterocycles. The zero-order valence-electron chi connectivity index (χ0n) is 33.5. The molecule has 2 N–H and O–H groups in total. The van der Waals surface area contributed by atoms with E-state index >= 15 is 0 Å². The number of fused-ring (bicyclic) bond motifs is 3. The van der Waals surface area contributed by atoms with Crippen LogP contribution in [-0.2, 0) is 16.2 Å². The first-order valence-electron chi connectivity index (χ1n) is 21.2. The molecule has 0 amide bonds. The van der Waals surface area contributed by atoms with Crippen LogP contribution in [0.2, 0.25) is 0 Å². The van der Waals surface area contributed by atoms with Crippen LogP contribution < -0.4 is 0 Å². The van der Waals surface area contributed by atoms with E-state index in [-0.39, 0.29) is 44.5 Å². The van der Waals surface area contributed by atoms with Crippen LogP contribution in [0.25, 0.3) is 11.1 Å². The maximum Gasteiger partial charge on any atom is 0.311 e. The second kappa shape index (κ2) is 10.9. The molecule has 0 saturated heterocycles. The summed E-state index contributed by atoms with van der Waals surface area (Å²) in [6.45, 7) is 9.47. The zero-order chi connectivity index (χ0) is 39.7. The molecule has 0 spiro atoms. The van der Waals surface area contributed by atoms with Gasteiger partial charge in [0.15, 0.2) is 11.5 Å². The van der Waals surface area contributed by atoms with Crippen molar-refractivity contribution < 1.29 is 20.1 Å². The van der Waals surface area contributed by atoms with E-state index in [0.29, 0.717) is 34.1 Å². The Morgan fingerprint density at radius 2 is 0.860 bits per heavy atom. The molecule has 4 aromatic carbocycles. The van der Waals surface area contributed by atoms with Gasteiger partial charge in [0, 0.05) is 34.1 Å². The van der Waals surface area contributed by atoms with Gasteiger partial charge in [-0.15, -0.1) is 0 Å². The van der Waals surface area contributed by atoms with Crippen molar-refractivity contribution in [3.8, 4) is 22.6 Å². The molecule has 4 atom stereocenters. The van der Waals surface area contributed by atoms with Crippen LogP contribution in [0.15, 0.2) is 72.8 Å². The van der Waals surface area contributed by atoms with Gasteiger partial charge in [-0.05, 0) is 156 Å². The predicted octanol–water partition coefficient (Wildman–Crippen LogP) is 11.8. The summed E-state index contributed by atoms with van der Waals surface area (Å²) in [6, 6.07) is 23.4. The van der Waals surface area contributed by atoms with Gasteiger partial charge in [-0.1, -0.05) is 76.2 Å². The quantitative estimate of drug-likeness (QED) is 0.131. The van der Waals surface area contributed by atoms with Gasteiger partial charge in [-0.25, -0.2) is 0 Å². The van der Waals surface area contributed by atoms with Gasteiger partial charge in [0.2, 0.25) is 0 Å². The number of rotatable bonds is 6. The third-order valence-electron chi connectivity index (χ3n) is 16.8. The summed E-state index contributed by atoms with van der Waals surface area (Å²) < 4.78 is 0. The second-order valence-electron chi connectivity index (χ2n) is 22.0. The Morgan fingerprint density at radius 3 is 1.19 bits per heavy atom. The summed E-state index contributed by atoms with van der Waals surface area (Å²) in [6.07, 6.45) is 12.0. The molecule has 8 nitrogen and oxygen atoms in total. The number of hydrogen-bond donors (Lipinski definition) is 2. The first-order chi connectivity index (χ1) is 26.9. The van der Waals surface area contributed by atoms with Crippen LogP contribution in [0.1, 0.15) is 138 Å². The molecule has 8 heteroatoms. The highest BCUT2D eigenvalue weighted by molar-refractivity contribution is 5.87. The van der Waals surface area contributed by atoms with E-state index in [0.717, 1.165) is 99.3 Å². The van der Waals surface area contributed by atoms with Crippen LogP contribution in [0.5, 0.6) is 11.5 Å². The van der Waals surface area contributed by atoms with E-state index in [1.807, 2.05) is 24.3 Å². The highest BCUT2D eigenvalue weighted by Crippen LogP contribution is 2.73. The third-order valence-corrected chi connectivity index (χ3v) is 16.8. The van der Waals surface area contributed by atoms with Crippen LogP contribution in [-0.4, -0.2) is 20.1 Å². The molecule has 294 valence electrons. The highest BCUT2D eigenvalue weighted by atomic mass is 16.6. The monoisotopic (exact) mass is 764 g/mol. The Morgan fingerprint density at radius 1 is 0.509 bits per heavy atom. The first-order valence-corrected chi connectivity index (χ1v) is 21.2. The van der Waals surface area contributed by atoms with E-state index < -0.39 is 26.1 Å². The molecule has 0 heterocycles. The smallest absolute Gasteiger partial charge is 0.311 e. The van der Waals surface area contributed by atoms with E-state index in [1.165, 1.54) is 0 Å². The zero-order valence-corrected chi connectivity index (χ0v) is 33.5. The molecule has 4 aromatic rings. The van der Waals surface area contributed by atoms with E-state index in [1.54, 1.807) is 12.1 Å². The standard InChI is InChI=1S/C49H52N2O6/c1-43-17-29-18-44(2,23-43)26-47(21-29,25-43)37-13-31(15-39(41(37)52)50(54)55)49(35-11-7-5-9-33(35)34-10-6-8-12-36(34)49)32-14-38(42(53)40(16-32)51(56)57)48-22-30-19-45(3,27-48)24-46(4,20-30)28-48/h5-16,29-30,52-53H,17-28H2,1-4H3. The molecule has 13 rings (SSSR count). The lowest BCUT2D eigenvalue weighted by Gasteiger charge is -2.65. The van der Waals surface area contributed by atoms with Crippen molar-refractivity contribution in [3.05, 3.63) is 126 Å². The summed E-state index contributed by atoms with van der Waals surface area (Å²) in [4.78, 5) is 25.5. The molecule has 8 bridgehead atoms. The van der Waals surface area contributed by atoms with E-state index in [9.17, 15) is 30.4 Å². The van der Waals surface area contributed by atoms with Crippen molar-refractivity contribution in [1.82, 2.24) is 0 Å². The van der Waals surface area contributed by atoms with Crippen molar-refractivity contribution in [2.75, 3.05) is 0 Å². The average Bonchev–Trinajstić information content (AvgIpc) is 3.39. The number of nitro benzene ring substituents is 2. The van der Waals surface area contributed by atoms with E-state index in [4.69, 9.17) is 0 Å². The van der Waals surface area contributed by atoms with Gasteiger partial charge in [0.1, 0.15) is 0 Å². The summed E-state index contributed by atoms with van der Waals surface area (Å²) >= 11 is 0. The maximum atomic E-state index is 13.2. The molecular weight excluding hydrogens is 713 g/mol. The second-order valence-corrected chi connectivity index (χ2v) is 22.0. The van der Waals surface area contributed by atoms with Crippen molar-refractivity contribution in [2.24, 2.45) is 33.5 Å². The number of phenolic OH excluding ortho intramolecular Hbond substituents is 2. The predicted molar refractivity (Wildman–Crippen MR) is 219 cm³/mol. The van der Waals surface area contributed by atoms with Crippen molar-refractivity contribution in [3.63, 3.8) is 0 Å². The molecule has 4 unspecified atom stereocenters. The van der Waals surface area contributed by atoms with Crippen molar-refractivity contribution >= 4 is 11.4 Å². The molecule has 57 heavy (non-hydrogen) atoms. The maximum absolute atomic E-state index is 13.2. The number of phenols is 2. The summed E-state index contributed by atoms with van der Waals surface area (Å²) in [5.41, 5.74) is 3.78. The third kappa shape index (κ3) is 4.67. The lowest BCUT2D eigenvalue weighted by molar-refractivity contribution is -0.386. The minimum atomic E-state index is -1.22. The summed E-state index contributed by atoms with van der Waals surface area (Å²) in [5.74, 6) is 0.457. The first kappa shape index (κ1) is 35.4. The molecule has 9 aliphatic rings. The minimum absolute atomic E-state index is 0.0766. The number of hydrogen-bond acceptors (Lipinski definition) is 6. The highest BCUT2D eigenvalue weighted by Gasteiger charge is 2.64. The van der Waals surface area contributed by atoms with Gasteiger partial charge in [-0.3, -0.25) is 20.2 Å². The average molecular weight is 765 g/mol. The van der Waals surface area contributed by atoms with Gasteiger partial charge >= 0.3 is 11.4 Å². The Labute approximate surface area is 334 Å². The summed E-state index contributed by atoms with van der Waals surface area (Å²) in [5, 5.41) is 50.8. The SMILES string of the molecule is CC12CC3CC(C)(C1)CC(c1cc(C4(c5cc([N+](=O)[O-])c(O)c(C67CC8CC(C)(CC(C)(C8)C6)C7)c5)c5ccccc5-c5ccccc54)cc([N+](=O)[O-])c1O)(C3)C2. The summed E-state index contributed by atoms with van der Waals surface area (Å²) in [7, 11) is 0. The molecule has 0 radical (unpaired) electrons. The topological polar surface area (TPSA) is 127 Å². The number of nitro groups is 2. The van der Waals surface area contributed by atoms with Crippen LogP contribution in [0.4, 0.5) is 11.4 Å². The van der Waals surface area contributed by atoms with Gasteiger partial charge < -0.3 is 10.2 Å². The van der Waals surface area contributed by atoms with E-state index in [2.05, 4.69) is 64.1 Å². The molecule has 9 aliphatic carbocycles. The van der Waals surface area contributed by atoms with Crippen LogP contribution in [0.3, 0.4) is 0 Å². The van der Waals surface area contributed by atoms with Crippen molar-refractivity contribution in [1.29, 1.82) is 0 Å². The van der Waals surface area contributed by atoms with Gasteiger partial charge in [-0.2, -0.15) is 0 Å². The van der Waals surface area contributed by atoms with Gasteiger partial charge in [0.25, 0.3) is 0 Å². The Hall–Kier alpha value is -4.72. The Kier molecular flexibility index (Phi) is 6.75. The fraction of sp³-hybridized carbons (Fsp3) is 0.510. The Bertz CT molecular complexity index is 2280.